The van der Waals surface area contributed by atoms with E-state index in [0.717, 1.165) is 45.8 Å². The highest BCUT2D eigenvalue weighted by atomic mass is 16.5. The average molecular weight is 489 g/mol. The first kappa shape index (κ1) is 27.1. The summed E-state index contributed by atoms with van der Waals surface area (Å²) in [7, 11) is 0. The Bertz CT molecular complexity index is 981. The van der Waals surface area contributed by atoms with Crippen molar-refractivity contribution < 1.29 is 19.7 Å². The zero-order chi connectivity index (χ0) is 25.4. The first-order chi connectivity index (χ1) is 17.7. The summed E-state index contributed by atoms with van der Waals surface area (Å²) in [6.07, 6.45) is 5.53. The summed E-state index contributed by atoms with van der Waals surface area (Å²) in [4.78, 5) is 14.1. The number of carbonyl (C=O) groups is 1. The molecule has 0 spiro atoms. The predicted octanol–water partition coefficient (Wildman–Crippen LogP) is 4.23. The lowest BCUT2D eigenvalue weighted by Crippen LogP contribution is -2.45. The standard InChI is InChI=1S/C28H32N2O.C2H4O3/c1-4-11-25(12-5-1)13-10-18-29-19-21-30(22-20-29)23-24-31-28(26-14-6-2-7-15-26)27-16-8-3-9-17-27;3-1-2(4)5/h1-12,14-18,28H,13,19-24H2;3H,1H2,(H,4,5)/b18-10+;. The highest BCUT2D eigenvalue weighted by molar-refractivity contribution is 5.67. The summed E-state index contributed by atoms with van der Waals surface area (Å²) >= 11 is 0. The fourth-order valence-corrected chi connectivity index (χ4v) is 4.03. The van der Waals surface area contributed by atoms with E-state index in [2.05, 4.69) is 113 Å². The molecule has 6 heteroatoms. The van der Waals surface area contributed by atoms with Crippen molar-refractivity contribution in [1.82, 2.24) is 9.80 Å². The Morgan fingerprint density at radius 2 is 1.33 bits per heavy atom. The van der Waals surface area contributed by atoms with Crippen LogP contribution in [0.15, 0.2) is 103 Å². The van der Waals surface area contributed by atoms with Crippen molar-refractivity contribution in [2.75, 3.05) is 45.9 Å². The van der Waals surface area contributed by atoms with Gasteiger partial charge in [0, 0.05) is 32.7 Å². The smallest absolute Gasteiger partial charge is 0.329 e. The lowest BCUT2D eigenvalue weighted by Gasteiger charge is -2.34. The number of hydrogen-bond donors (Lipinski definition) is 2. The Hall–Kier alpha value is -3.45. The summed E-state index contributed by atoms with van der Waals surface area (Å²) in [6.45, 7) is 5.25. The number of hydrogen-bond acceptors (Lipinski definition) is 5. The fourth-order valence-electron chi connectivity index (χ4n) is 4.03. The minimum Gasteiger partial charge on any atom is -0.480 e. The van der Waals surface area contributed by atoms with Gasteiger partial charge in [0.05, 0.1) is 6.61 Å². The number of aliphatic carboxylic acids is 1. The van der Waals surface area contributed by atoms with E-state index in [0.29, 0.717) is 0 Å². The molecule has 3 aromatic carbocycles. The molecule has 36 heavy (non-hydrogen) atoms. The summed E-state index contributed by atoms with van der Waals surface area (Å²) in [6, 6.07) is 31.7. The van der Waals surface area contributed by atoms with Crippen molar-refractivity contribution in [1.29, 1.82) is 0 Å². The number of ether oxygens (including phenoxy) is 1. The number of benzene rings is 3. The van der Waals surface area contributed by atoms with E-state index >= 15 is 0 Å². The molecule has 0 amide bonds. The summed E-state index contributed by atoms with van der Waals surface area (Å²) in [5, 5.41) is 15.0. The number of rotatable bonds is 10. The number of aliphatic hydroxyl groups is 1. The summed E-state index contributed by atoms with van der Waals surface area (Å²) in [5.41, 5.74) is 3.78. The van der Waals surface area contributed by atoms with Crippen molar-refractivity contribution >= 4 is 5.97 Å². The minimum atomic E-state index is -1.19. The van der Waals surface area contributed by atoms with Crippen molar-refractivity contribution in [3.63, 3.8) is 0 Å². The van der Waals surface area contributed by atoms with Gasteiger partial charge in [0.15, 0.2) is 0 Å². The first-order valence-electron chi connectivity index (χ1n) is 12.4. The third-order valence-corrected chi connectivity index (χ3v) is 5.95. The van der Waals surface area contributed by atoms with E-state index in [-0.39, 0.29) is 6.10 Å². The van der Waals surface area contributed by atoms with Crippen LogP contribution in [0, 0.1) is 0 Å². The van der Waals surface area contributed by atoms with Gasteiger partial charge in [-0.3, -0.25) is 4.90 Å². The number of carboxylic acid groups (broad SMARTS) is 1. The predicted molar refractivity (Wildman–Crippen MR) is 143 cm³/mol. The maximum absolute atomic E-state index is 9.12. The van der Waals surface area contributed by atoms with E-state index < -0.39 is 12.6 Å². The van der Waals surface area contributed by atoms with Gasteiger partial charge < -0.3 is 19.8 Å². The second-order valence-electron chi connectivity index (χ2n) is 8.58. The first-order valence-corrected chi connectivity index (χ1v) is 12.4. The van der Waals surface area contributed by atoms with E-state index in [1.807, 2.05) is 0 Å². The minimum absolute atomic E-state index is 0.00962. The van der Waals surface area contributed by atoms with E-state index in [1.165, 1.54) is 16.7 Å². The van der Waals surface area contributed by atoms with Crippen molar-refractivity contribution in [2.45, 2.75) is 12.5 Å². The molecule has 4 rings (SSSR count). The highest BCUT2D eigenvalue weighted by Gasteiger charge is 2.17. The van der Waals surface area contributed by atoms with Crippen LogP contribution in [0.5, 0.6) is 0 Å². The molecule has 6 nitrogen and oxygen atoms in total. The van der Waals surface area contributed by atoms with Crippen molar-refractivity contribution in [3.8, 4) is 0 Å². The Balaban J connectivity index is 0.000000658. The highest BCUT2D eigenvalue weighted by Crippen LogP contribution is 2.25. The normalized spacial score (nSPS) is 14.0. The molecule has 3 aromatic rings. The second kappa shape index (κ2) is 15.5. The van der Waals surface area contributed by atoms with Crippen LogP contribution in [0.3, 0.4) is 0 Å². The monoisotopic (exact) mass is 488 g/mol. The number of piperazine rings is 1. The molecule has 0 radical (unpaired) electrons. The molecule has 0 saturated carbocycles. The van der Waals surface area contributed by atoms with Gasteiger partial charge in [-0.05, 0) is 29.3 Å². The van der Waals surface area contributed by atoms with Gasteiger partial charge in [0.1, 0.15) is 12.7 Å². The van der Waals surface area contributed by atoms with Crippen LogP contribution in [0.1, 0.15) is 22.8 Å². The van der Waals surface area contributed by atoms with Gasteiger partial charge in [0.25, 0.3) is 0 Å². The number of aliphatic hydroxyl groups excluding tert-OH is 1. The van der Waals surface area contributed by atoms with Crippen LogP contribution in [-0.2, 0) is 16.0 Å². The third kappa shape index (κ3) is 9.66. The zero-order valence-electron chi connectivity index (χ0n) is 20.7. The van der Waals surface area contributed by atoms with Crippen LogP contribution < -0.4 is 0 Å². The molecule has 0 unspecified atom stereocenters. The third-order valence-electron chi connectivity index (χ3n) is 5.95. The molecule has 1 aliphatic heterocycles. The Morgan fingerprint density at radius 3 is 1.83 bits per heavy atom. The largest absolute Gasteiger partial charge is 0.480 e. The summed E-state index contributed by atoms with van der Waals surface area (Å²) in [5.74, 6) is -1.19. The van der Waals surface area contributed by atoms with Gasteiger partial charge in [-0.2, -0.15) is 0 Å². The van der Waals surface area contributed by atoms with Crippen LogP contribution in [0.25, 0.3) is 0 Å². The molecule has 1 heterocycles. The molecule has 190 valence electrons. The number of nitrogens with zero attached hydrogens (tertiary/aromatic N) is 2. The Labute approximate surface area is 214 Å². The molecule has 1 saturated heterocycles. The van der Waals surface area contributed by atoms with Crippen molar-refractivity contribution in [2.24, 2.45) is 0 Å². The van der Waals surface area contributed by atoms with Gasteiger partial charge in [-0.15, -0.1) is 0 Å². The summed E-state index contributed by atoms with van der Waals surface area (Å²) < 4.78 is 6.39. The van der Waals surface area contributed by atoms with E-state index in [9.17, 15) is 0 Å². The van der Waals surface area contributed by atoms with Gasteiger partial charge in [0.2, 0.25) is 0 Å². The number of allylic oxidation sites excluding steroid dienone is 1. The Kier molecular flexibility index (Phi) is 11.7. The molecule has 0 aromatic heterocycles. The molecule has 1 fully saturated rings. The number of carboxylic acids is 1. The maximum Gasteiger partial charge on any atom is 0.329 e. The second-order valence-corrected chi connectivity index (χ2v) is 8.58. The quantitative estimate of drug-likeness (QED) is 0.445. The van der Waals surface area contributed by atoms with Gasteiger partial charge in [-0.25, -0.2) is 4.79 Å². The van der Waals surface area contributed by atoms with Crippen LogP contribution in [0.4, 0.5) is 0 Å². The molecule has 0 bridgehead atoms. The molecular weight excluding hydrogens is 452 g/mol. The average Bonchev–Trinajstić information content (AvgIpc) is 2.94. The molecule has 0 aliphatic carbocycles. The molecular formula is C30H36N2O4. The SMILES string of the molecule is C(=C\N1CCN(CCOC(c2ccccc2)c2ccccc2)CC1)/Cc1ccccc1.O=C(O)CO. The van der Waals surface area contributed by atoms with Gasteiger partial charge >= 0.3 is 5.97 Å². The molecule has 1 aliphatic rings. The van der Waals surface area contributed by atoms with Crippen molar-refractivity contribution in [3.05, 3.63) is 120 Å². The van der Waals surface area contributed by atoms with Crippen LogP contribution in [-0.4, -0.2) is 71.9 Å². The molecule has 0 atom stereocenters. The van der Waals surface area contributed by atoms with E-state index in [4.69, 9.17) is 19.7 Å². The Morgan fingerprint density at radius 1 is 0.833 bits per heavy atom. The lowest BCUT2D eigenvalue weighted by molar-refractivity contribution is -0.140. The topological polar surface area (TPSA) is 73.2 Å². The van der Waals surface area contributed by atoms with Gasteiger partial charge in [-0.1, -0.05) is 97.1 Å². The zero-order valence-corrected chi connectivity index (χ0v) is 20.7. The molecule has 2 N–H and O–H groups in total. The van der Waals surface area contributed by atoms with Crippen LogP contribution in [0.2, 0.25) is 0 Å². The maximum atomic E-state index is 9.12. The van der Waals surface area contributed by atoms with Crippen LogP contribution >= 0.6 is 0 Å². The lowest BCUT2D eigenvalue weighted by atomic mass is 10.0. The fraction of sp³-hybridized carbons (Fsp3) is 0.300. The van der Waals surface area contributed by atoms with E-state index in [1.54, 1.807) is 0 Å².